The maximum Gasteiger partial charge on any atom is 0.279 e. The SMILES string of the molecule is C[C@@H]1[C@@H]([Si](C)(C)O)[C@H](CCn2cc(CCO)nn2)O[C@@H]1CCc1ccc(-n2[nH]c3ccccc3c2=O)cc1. The highest BCUT2D eigenvalue weighted by molar-refractivity contribution is 6.71. The number of aliphatic hydroxyl groups is 1. The van der Waals surface area contributed by atoms with Crippen LogP contribution in [0, 0.1) is 5.92 Å². The van der Waals surface area contributed by atoms with Gasteiger partial charge in [-0.05, 0) is 68.1 Å². The summed E-state index contributed by atoms with van der Waals surface area (Å²) in [6.07, 6.45) is 4.90. The molecular formula is C28H37N5O4Si. The molecule has 202 valence electrons. The summed E-state index contributed by atoms with van der Waals surface area (Å²) in [6.45, 7) is 6.94. The lowest BCUT2D eigenvalue weighted by Gasteiger charge is -2.30. The third kappa shape index (κ3) is 5.53. The van der Waals surface area contributed by atoms with Crippen LogP contribution in [0.5, 0.6) is 0 Å². The molecule has 9 nitrogen and oxygen atoms in total. The van der Waals surface area contributed by atoms with Crippen LogP contribution in [0.15, 0.2) is 59.5 Å². The van der Waals surface area contributed by atoms with E-state index < -0.39 is 8.32 Å². The lowest BCUT2D eigenvalue weighted by molar-refractivity contribution is 0.0245. The zero-order valence-corrected chi connectivity index (χ0v) is 23.2. The minimum Gasteiger partial charge on any atom is -0.432 e. The fourth-order valence-electron chi connectivity index (χ4n) is 5.98. The zero-order chi connectivity index (χ0) is 26.9. The Labute approximate surface area is 223 Å². The normalized spacial score (nSPS) is 21.9. The van der Waals surface area contributed by atoms with Crippen molar-refractivity contribution in [2.75, 3.05) is 6.61 Å². The van der Waals surface area contributed by atoms with Gasteiger partial charge in [0.15, 0.2) is 8.32 Å². The predicted octanol–water partition coefficient (Wildman–Crippen LogP) is 3.44. The van der Waals surface area contributed by atoms with E-state index >= 15 is 0 Å². The van der Waals surface area contributed by atoms with Crippen LogP contribution >= 0.6 is 0 Å². The first-order valence-electron chi connectivity index (χ1n) is 13.4. The van der Waals surface area contributed by atoms with E-state index in [1.54, 1.807) is 9.36 Å². The molecule has 10 heteroatoms. The van der Waals surface area contributed by atoms with Gasteiger partial charge in [0.2, 0.25) is 0 Å². The van der Waals surface area contributed by atoms with Crippen LogP contribution in [0.25, 0.3) is 16.6 Å². The fraction of sp³-hybridized carbons (Fsp3) is 0.464. The summed E-state index contributed by atoms with van der Waals surface area (Å²) >= 11 is 0. The second-order valence-electron chi connectivity index (χ2n) is 11.0. The van der Waals surface area contributed by atoms with E-state index in [0.717, 1.165) is 36.2 Å². The largest absolute Gasteiger partial charge is 0.432 e. The highest BCUT2D eigenvalue weighted by Crippen LogP contribution is 2.45. The van der Waals surface area contributed by atoms with Gasteiger partial charge in [-0.3, -0.25) is 14.6 Å². The second-order valence-corrected chi connectivity index (χ2v) is 15.0. The van der Waals surface area contributed by atoms with Crippen LogP contribution in [0.1, 0.15) is 31.0 Å². The van der Waals surface area contributed by atoms with E-state index in [4.69, 9.17) is 9.84 Å². The first-order chi connectivity index (χ1) is 18.2. The summed E-state index contributed by atoms with van der Waals surface area (Å²) in [5.74, 6) is 0.261. The Morgan fingerprint density at radius 1 is 1.05 bits per heavy atom. The van der Waals surface area contributed by atoms with Crippen LogP contribution in [0.3, 0.4) is 0 Å². The van der Waals surface area contributed by atoms with Gasteiger partial charge in [-0.2, -0.15) is 0 Å². The molecule has 0 amide bonds. The molecule has 5 rings (SSSR count). The number of nitrogens with one attached hydrogen (secondary N) is 1. The zero-order valence-electron chi connectivity index (χ0n) is 22.2. The Kier molecular flexibility index (Phi) is 7.67. The molecule has 0 radical (unpaired) electrons. The maximum absolute atomic E-state index is 12.7. The second kappa shape index (κ2) is 11.0. The summed E-state index contributed by atoms with van der Waals surface area (Å²) in [5, 5.41) is 21.2. The van der Waals surface area contributed by atoms with Crippen LogP contribution in [-0.2, 0) is 24.1 Å². The molecule has 1 fully saturated rings. The van der Waals surface area contributed by atoms with Gasteiger partial charge < -0.3 is 14.6 Å². The Hall–Kier alpha value is -3.05. The average Bonchev–Trinajstić information content (AvgIpc) is 3.57. The molecule has 4 atom stereocenters. The quantitative estimate of drug-likeness (QED) is 0.268. The molecule has 0 unspecified atom stereocenters. The highest BCUT2D eigenvalue weighted by Gasteiger charge is 2.49. The van der Waals surface area contributed by atoms with Gasteiger partial charge in [0.05, 0.1) is 34.5 Å². The minimum atomic E-state index is -2.45. The molecule has 1 aliphatic rings. The number of aryl methyl sites for hydroxylation is 2. The molecule has 1 aliphatic heterocycles. The number of fused-ring (bicyclic) bond motifs is 1. The number of rotatable bonds is 10. The Morgan fingerprint density at radius 2 is 1.82 bits per heavy atom. The molecule has 2 aromatic heterocycles. The summed E-state index contributed by atoms with van der Waals surface area (Å²) in [7, 11) is -2.45. The molecule has 2 aromatic carbocycles. The van der Waals surface area contributed by atoms with Gasteiger partial charge in [-0.1, -0.05) is 36.4 Å². The number of ether oxygens (including phenoxy) is 1. The van der Waals surface area contributed by atoms with Crippen LogP contribution in [-0.4, -0.2) is 61.8 Å². The number of hydrogen-bond donors (Lipinski definition) is 3. The number of aromatic amines is 1. The smallest absolute Gasteiger partial charge is 0.279 e. The minimum absolute atomic E-state index is 0.0246. The molecule has 0 aliphatic carbocycles. The van der Waals surface area contributed by atoms with Crippen molar-refractivity contribution in [3.8, 4) is 5.69 Å². The van der Waals surface area contributed by atoms with E-state index in [1.165, 1.54) is 5.56 Å². The summed E-state index contributed by atoms with van der Waals surface area (Å²) in [4.78, 5) is 23.9. The molecule has 1 saturated heterocycles. The van der Waals surface area contributed by atoms with E-state index in [2.05, 4.69) is 34.5 Å². The van der Waals surface area contributed by atoms with Crippen molar-refractivity contribution in [3.63, 3.8) is 0 Å². The summed E-state index contributed by atoms with van der Waals surface area (Å²) in [5.41, 5.74) is 3.69. The molecule has 3 N–H and O–H groups in total. The number of aromatic nitrogens is 5. The summed E-state index contributed by atoms with van der Waals surface area (Å²) in [6, 6.07) is 15.6. The van der Waals surface area contributed by atoms with Gasteiger partial charge in [0.25, 0.3) is 5.56 Å². The lowest BCUT2D eigenvalue weighted by atomic mass is 9.95. The number of aliphatic hydroxyl groups excluding tert-OH is 1. The average molecular weight is 536 g/mol. The Bertz CT molecular complexity index is 1420. The topological polar surface area (TPSA) is 118 Å². The van der Waals surface area contributed by atoms with Crippen molar-refractivity contribution >= 4 is 19.2 Å². The first-order valence-corrected chi connectivity index (χ1v) is 16.4. The van der Waals surface area contributed by atoms with Crippen LogP contribution in [0.4, 0.5) is 0 Å². The Morgan fingerprint density at radius 3 is 2.53 bits per heavy atom. The van der Waals surface area contributed by atoms with Crippen LogP contribution in [0.2, 0.25) is 18.6 Å². The summed E-state index contributed by atoms with van der Waals surface area (Å²) < 4.78 is 9.96. The highest BCUT2D eigenvalue weighted by atomic mass is 28.4. The molecule has 0 bridgehead atoms. The molecule has 0 saturated carbocycles. The number of nitrogens with zero attached hydrogens (tertiary/aromatic N) is 4. The van der Waals surface area contributed by atoms with E-state index in [1.807, 2.05) is 55.7 Å². The molecular weight excluding hydrogens is 498 g/mol. The Balaban J connectivity index is 1.23. The van der Waals surface area contributed by atoms with Crippen molar-refractivity contribution < 1.29 is 14.6 Å². The van der Waals surface area contributed by atoms with Gasteiger partial charge in [0, 0.05) is 31.3 Å². The van der Waals surface area contributed by atoms with E-state index in [0.29, 0.717) is 18.4 Å². The van der Waals surface area contributed by atoms with Crippen molar-refractivity contribution in [1.82, 2.24) is 24.8 Å². The third-order valence-corrected chi connectivity index (χ3v) is 10.3. The first kappa shape index (κ1) is 26.5. The van der Waals surface area contributed by atoms with Crippen LogP contribution < -0.4 is 5.56 Å². The van der Waals surface area contributed by atoms with Gasteiger partial charge in [0.1, 0.15) is 0 Å². The number of hydrogen-bond acceptors (Lipinski definition) is 6. The molecule has 3 heterocycles. The molecule has 4 aromatic rings. The number of H-pyrrole nitrogens is 1. The molecule has 0 spiro atoms. The monoisotopic (exact) mass is 535 g/mol. The van der Waals surface area contributed by atoms with Crippen molar-refractivity contribution in [3.05, 3.63) is 76.3 Å². The predicted molar refractivity (Wildman–Crippen MR) is 149 cm³/mol. The fourth-order valence-corrected chi connectivity index (χ4v) is 8.63. The molecule has 38 heavy (non-hydrogen) atoms. The van der Waals surface area contributed by atoms with Crippen molar-refractivity contribution in [2.24, 2.45) is 5.92 Å². The third-order valence-electron chi connectivity index (χ3n) is 7.82. The maximum atomic E-state index is 12.7. The van der Waals surface area contributed by atoms with Gasteiger partial charge in [-0.15, -0.1) is 5.10 Å². The van der Waals surface area contributed by atoms with E-state index in [9.17, 15) is 9.59 Å². The lowest BCUT2D eigenvalue weighted by Crippen LogP contribution is -2.40. The van der Waals surface area contributed by atoms with Crippen molar-refractivity contribution in [2.45, 2.75) is 70.0 Å². The van der Waals surface area contributed by atoms with Gasteiger partial charge in [-0.25, -0.2) is 4.68 Å². The number of para-hydroxylation sites is 1. The standard InChI is InChI=1S/C28H37N5O4Si/c1-19-25(37-26(27(19)38(2,3)36)14-16-32-18-21(15-17-34)29-31-32)13-10-20-8-11-22(12-9-20)33-28(35)23-6-4-5-7-24(23)30-33/h4-9,11-12,18-19,25-27,30,34,36H,10,13-17H2,1-3H3/t19-,25+,26-,27+/m0/s1. The van der Waals surface area contributed by atoms with Crippen molar-refractivity contribution in [1.29, 1.82) is 0 Å². The van der Waals surface area contributed by atoms with E-state index in [-0.39, 0.29) is 35.8 Å². The number of benzene rings is 2. The van der Waals surface area contributed by atoms with Gasteiger partial charge >= 0.3 is 0 Å².